The molecule has 1 heterocycles. The maximum absolute atomic E-state index is 12.8. The lowest BCUT2D eigenvalue weighted by Gasteiger charge is -2.35. The van der Waals surface area contributed by atoms with Gasteiger partial charge in [-0.3, -0.25) is 24.6 Å². The summed E-state index contributed by atoms with van der Waals surface area (Å²) in [5, 5.41) is 14.6. The van der Waals surface area contributed by atoms with Crippen LogP contribution < -0.4 is 5.32 Å². The van der Waals surface area contributed by atoms with Crippen molar-refractivity contribution < 1.29 is 14.5 Å². The highest BCUT2D eigenvalue weighted by atomic mass is 16.6. The van der Waals surface area contributed by atoms with Crippen molar-refractivity contribution in [3.05, 3.63) is 33.9 Å². The van der Waals surface area contributed by atoms with E-state index in [4.69, 9.17) is 0 Å². The highest BCUT2D eigenvalue weighted by Crippen LogP contribution is 2.31. The quantitative estimate of drug-likeness (QED) is 0.525. The van der Waals surface area contributed by atoms with Gasteiger partial charge in [-0.1, -0.05) is 0 Å². The Bertz CT molecular complexity index is 768. The van der Waals surface area contributed by atoms with Crippen LogP contribution in [0.1, 0.15) is 37.0 Å². The van der Waals surface area contributed by atoms with Crippen LogP contribution in [0, 0.1) is 10.1 Å². The van der Waals surface area contributed by atoms with E-state index in [1.165, 1.54) is 6.07 Å². The molecule has 2 aliphatic rings. The fraction of sp³-hybridized carbons (Fsp3) is 0.600. The van der Waals surface area contributed by atoms with Crippen molar-refractivity contribution in [2.75, 3.05) is 51.1 Å². The van der Waals surface area contributed by atoms with Gasteiger partial charge >= 0.3 is 0 Å². The lowest BCUT2D eigenvalue weighted by molar-refractivity contribution is -0.384. The van der Waals surface area contributed by atoms with Crippen molar-refractivity contribution >= 4 is 23.2 Å². The number of nitro groups is 1. The van der Waals surface area contributed by atoms with Crippen molar-refractivity contribution in [1.82, 2.24) is 14.7 Å². The van der Waals surface area contributed by atoms with Crippen molar-refractivity contribution in [2.24, 2.45) is 0 Å². The highest BCUT2D eigenvalue weighted by Gasteiger charge is 2.28. The molecule has 9 nitrogen and oxygen atoms in total. The second-order valence-electron chi connectivity index (χ2n) is 7.54. The van der Waals surface area contributed by atoms with Gasteiger partial charge in [0.1, 0.15) is 5.69 Å². The number of amides is 2. The third-order valence-electron chi connectivity index (χ3n) is 5.51. The molecule has 0 atom stereocenters. The van der Waals surface area contributed by atoms with Gasteiger partial charge in [-0.15, -0.1) is 0 Å². The number of benzene rings is 1. The van der Waals surface area contributed by atoms with Crippen LogP contribution in [-0.2, 0) is 4.79 Å². The maximum Gasteiger partial charge on any atom is 0.293 e. The molecule has 1 saturated heterocycles. The average Bonchev–Trinajstić information content (AvgIpc) is 3.53. The zero-order chi connectivity index (χ0) is 21.0. The molecule has 3 rings (SSSR count). The van der Waals surface area contributed by atoms with Crippen LogP contribution in [0.15, 0.2) is 18.2 Å². The molecule has 0 aromatic heterocycles. The Labute approximate surface area is 170 Å². The van der Waals surface area contributed by atoms with Crippen molar-refractivity contribution in [2.45, 2.75) is 32.7 Å². The molecule has 2 amide bonds. The molecule has 158 valence electrons. The summed E-state index contributed by atoms with van der Waals surface area (Å²) in [7, 11) is 0. The molecule has 1 aliphatic carbocycles. The van der Waals surface area contributed by atoms with Crippen LogP contribution in [0.2, 0.25) is 0 Å². The Morgan fingerprint density at radius 2 is 1.83 bits per heavy atom. The summed E-state index contributed by atoms with van der Waals surface area (Å²) in [5.41, 5.74) is 0.728. The first kappa shape index (κ1) is 21.0. The minimum absolute atomic E-state index is 0.0637. The molecule has 1 N–H and O–H groups in total. The van der Waals surface area contributed by atoms with Gasteiger partial charge in [0, 0.05) is 56.9 Å². The van der Waals surface area contributed by atoms with Crippen LogP contribution in [0.5, 0.6) is 0 Å². The standard InChI is InChI=1S/C20H29N5O4/c1-3-23(4-2)19(26)14-22-9-11-24(12-10-22)20(27)15-5-8-17(21-16-6-7-16)18(13-15)25(28)29/h5,8,13,16,21H,3-4,6-7,9-12,14H2,1-2H3. The van der Waals surface area contributed by atoms with Gasteiger partial charge < -0.3 is 15.1 Å². The Kier molecular flexibility index (Phi) is 6.68. The number of nitro benzene ring substituents is 1. The number of nitrogens with zero attached hydrogens (tertiary/aromatic N) is 4. The fourth-order valence-electron chi connectivity index (χ4n) is 3.54. The van der Waals surface area contributed by atoms with E-state index in [-0.39, 0.29) is 17.5 Å². The summed E-state index contributed by atoms with van der Waals surface area (Å²) in [4.78, 5) is 41.6. The normalized spacial score (nSPS) is 17.1. The molecule has 1 aromatic rings. The fourth-order valence-corrected chi connectivity index (χ4v) is 3.54. The SMILES string of the molecule is CCN(CC)C(=O)CN1CCN(C(=O)c2ccc(NC3CC3)c([N+](=O)[O-])c2)CC1. The van der Waals surface area contributed by atoms with E-state index in [9.17, 15) is 19.7 Å². The second kappa shape index (κ2) is 9.21. The Morgan fingerprint density at radius 3 is 2.38 bits per heavy atom. The number of rotatable bonds is 8. The molecule has 2 fully saturated rings. The van der Waals surface area contributed by atoms with Gasteiger partial charge in [0.2, 0.25) is 5.91 Å². The van der Waals surface area contributed by atoms with E-state index in [0.29, 0.717) is 63.1 Å². The number of anilines is 1. The number of nitrogens with one attached hydrogen (secondary N) is 1. The third-order valence-corrected chi connectivity index (χ3v) is 5.51. The van der Waals surface area contributed by atoms with Gasteiger partial charge in [0.25, 0.3) is 11.6 Å². The number of carbonyl (C=O) groups excluding carboxylic acids is 2. The van der Waals surface area contributed by atoms with Crippen molar-refractivity contribution in [3.8, 4) is 0 Å². The predicted molar refractivity (Wildman–Crippen MR) is 110 cm³/mol. The van der Waals surface area contributed by atoms with Gasteiger partial charge in [0.15, 0.2) is 0 Å². The smallest absolute Gasteiger partial charge is 0.293 e. The highest BCUT2D eigenvalue weighted by molar-refractivity contribution is 5.96. The van der Waals surface area contributed by atoms with Crippen LogP contribution >= 0.6 is 0 Å². The molecule has 0 spiro atoms. The summed E-state index contributed by atoms with van der Waals surface area (Å²) in [5.74, 6) is -0.107. The summed E-state index contributed by atoms with van der Waals surface area (Å²) in [6.45, 7) is 7.89. The predicted octanol–water partition coefficient (Wildman–Crippen LogP) is 1.80. The number of carbonyl (C=O) groups is 2. The minimum atomic E-state index is -0.446. The van der Waals surface area contributed by atoms with E-state index in [1.807, 2.05) is 13.8 Å². The second-order valence-corrected chi connectivity index (χ2v) is 7.54. The molecule has 1 aliphatic heterocycles. The molecule has 0 unspecified atom stereocenters. The minimum Gasteiger partial charge on any atom is -0.377 e. The summed E-state index contributed by atoms with van der Waals surface area (Å²) in [6, 6.07) is 4.94. The van der Waals surface area contributed by atoms with Crippen molar-refractivity contribution in [1.29, 1.82) is 0 Å². The summed E-state index contributed by atoms with van der Waals surface area (Å²) < 4.78 is 0. The first-order valence-corrected chi connectivity index (χ1v) is 10.3. The third kappa shape index (κ3) is 5.23. The Balaban J connectivity index is 1.59. The molecule has 9 heteroatoms. The van der Waals surface area contributed by atoms with Crippen LogP contribution in [-0.4, -0.2) is 83.3 Å². The summed E-state index contributed by atoms with van der Waals surface area (Å²) >= 11 is 0. The molecule has 1 aromatic carbocycles. The molecule has 0 radical (unpaired) electrons. The summed E-state index contributed by atoms with van der Waals surface area (Å²) in [6.07, 6.45) is 2.03. The first-order valence-electron chi connectivity index (χ1n) is 10.3. The monoisotopic (exact) mass is 403 g/mol. The Morgan fingerprint density at radius 1 is 1.17 bits per heavy atom. The van der Waals surface area contributed by atoms with E-state index in [2.05, 4.69) is 10.2 Å². The number of hydrogen-bond donors (Lipinski definition) is 1. The maximum atomic E-state index is 12.8. The zero-order valence-electron chi connectivity index (χ0n) is 17.1. The molecule has 29 heavy (non-hydrogen) atoms. The molecule has 0 bridgehead atoms. The number of hydrogen-bond acceptors (Lipinski definition) is 6. The average molecular weight is 403 g/mol. The first-order chi connectivity index (χ1) is 13.9. The lowest BCUT2D eigenvalue weighted by Crippen LogP contribution is -2.51. The van der Waals surface area contributed by atoms with E-state index in [0.717, 1.165) is 12.8 Å². The van der Waals surface area contributed by atoms with Gasteiger partial charge in [0.05, 0.1) is 11.5 Å². The Hall–Kier alpha value is -2.68. The van der Waals surface area contributed by atoms with Gasteiger partial charge in [-0.25, -0.2) is 0 Å². The number of likely N-dealkylation sites (N-methyl/N-ethyl adjacent to an activating group) is 1. The van der Waals surface area contributed by atoms with Crippen LogP contribution in [0.4, 0.5) is 11.4 Å². The van der Waals surface area contributed by atoms with E-state index >= 15 is 0 Å². The molecular weight excluding hydrogens is 374 g/mol. The van der Waals surface area contributed by atoms with Gasteiger partial charge in [-0.05, 0) is 38.8 Å². The van der Waals surface area contributed by atoms with E-state index < -0.39 is 4.92 Å². The topological polar surface area (TPSA) is 99.0 Å². The molecular formula is C20H29N5O4. The number of piperazine rings is 1. The zero-order valence-corrected chi connectivity index (χ0v) is 17.1. The van der Waals surface area contributed by atoms with E-state index in [1.54, 1.807) is 21.9 Å². The van der Waals surface area contributed by atoms with Crippen LogP contribution in [0.25, 0.3) is 0 Å². The largest absolute Gasteiger partial charge is 0.377 e. The van der Waals surface area contributed by atoms with Gasteiger partial charge in [-0.2, -0.15) is 0 Å². The molecule has 1 saturated carbocycles. The van der Waals surface area contributed by atoms with Crippen molar-refractivity contribution in [3.63, 3.8) is 0 Å². The van der Waals surface area contributed by atoms with Crippen LogP contribution in [0.3, 0.4) is 0 Å². The lowest BCUT2D eigenvalue weighted by atomic mass is 10.1.